The van der Waals surface area contributed by atoms with Crippen molar-refractivity contribution in [1.29, 1.82) is 0 Å². The lowest BCUT2D eigenvalue weighted by molar-refractivity contribution is -0.273. The molecule has 1 rings (SSSR count). The number of carbonyl (C=O) groups is 2. The first-order valence-corrected chi connectivity index (χ1v) is 25.1. The molecule has 356 valence electrons. The molecule has 1 fully saturated rings. The molecule has 0 aliphatic carbocycles. The van der Waals surface area contributed by atoms with Crippen molar-refractivity contribution in [2.24, 2.45) is 11.8 Å². The van der Waals surface area contributed by atoms with Gasteiger partial charge in [0.15, 0.2) is 6.29 Å². The first-order chi connectivity index (χ1) is 29.0. The van der Waals surface area contributed by atoms with E-state index in [9.17, 15) is 35.1 Å². The summed E-state index contributed by atoms with van der Waals surface area (Å²) in [5, 5.41) is 59.9. The van der Waals surface area contributed by atoms with Gasteiger partial charge in [-0.3, -0.25) is 9.59 Å². The third-order valence-corrected chi connectivity index (χ3v) is 12.5. The van der Waals surface area contributed by atoms with Gasteiger partial charge in [0, 0.05) is 13.3 Å². The molecule has 0 aromatic carbocycles. The monoisotopic (exact) mass is 857 g/mol. The summed E-state index contributed by atoms with van der Waals surface area (Å²) < 4.78 is 11.8. The molecule has 0 bridgehead atoms. The van der Waals surface area contributed by atoms with Crippen LogP contribution in [0.4, 0.5) is 0 Å². The van der Waals surface area contributed by atoms with E-state index in [0.29, 0.717) is 18.8 Å². The number of aliphatic hydroxyl groups excluding tert-OH is 5. The summed E-state index contributed by atoms with van der Waals surface area (Å²) >= 11 is 0. The Hall–Kier alpha value is -1.34. The van der Waals surface area contributed by atoms with Crippen molar-refractivity contribution in [3.05, 3.63) is 0 Å². The lowest BCUT2D eigenvalue weighted by atomic mass is 9.83. The van der Waals surface area contributed by atoms with Gasteiger partial charge in [-0.25, -0.2) is 0 Å². The average Bonchev–Trinajstić information content (AvgIpc) is 3.22. The number of carbonyl (C=O) groups excluding carboxylic acids is 2. The summed E-state index contributed by atoms with van der Waals surface area (Å²) in [6.07, 6.45) is 27.4. The highest BCUT2D eigenvalue weighted by molar-refractivity contribution is 5.76. The molecule has 0 radical (unpaired) electrons. The predicted octanol–water partition coefficient (Wildman–Crippen LogP) is 9.17. The molecule has 11 nitrogen and oxygen atoms in total. The molecule has 0 spiro atoms. The maximum atomic E-state index is 13.3. The number of nitrogens with one attached hydrogen (secondary N) is 2. The van der Waals surface area contributed by atoms with Gasteiger partial charge in [-0.15, -0.1) is 0 Å². The topological polar surface area (TPSA) is 178 Å². The number of unbranched alkanes of at least 4 members (excludes halogenated alkanes) is 25. The molecule has 0 aromatic rings. The molecule has 9 atom stereocenters. The minimum absolute atomic E-state index is 0.187. The van der Waals surface area contributed by atoms with Crippen LogP contribution >= 0.6 is 0 Å². The van der Waals surface area contributed by atoms with Crippen LogP contribution in [0, 0.1) is 11.8 Å². The van der Waals surface area contributed by atoms with E-state index in [1.165, 1.54) is 135 Å². The summed E-state index contributed by atoms with van der Waals surface area (Å²) in [7, 11) is 0. The lowest BCUT2D eigenvalue weighted by Gasteiger charge is -2.42. The Morgan fingerprint density at radius 1 is 0.633 bits per heavy atom. The summed E-state index contributed by atoms with van der Waals surface area (Å²) in [6, 6.07) is -2.18. The Morgan fingerprint density at radius 2 is 1.07 bits per heavy atom. The first-order valence-electron chi connectivity index (χ1n) is 25.1. The largest absolute Gasteiger partial charge is 0.394 e. The van der Waals surface area contributed by atoms with Gasteiger partial charge in [0.2, 0.25) is 11.8 Å². The van der Waals surface area contributed by atoms with Gasteiger partial charge >= 0.3 is 0 Å². The first kappa shape index (κ1) is 56.7. The number of amides is 2. The molecule has 0 saturated carbocycles. The van der Waals surface area contributed by atoms with E-state index >= 15 is 0 Å². The van der Waals surface area contributed by atoms with Crippen LogP contribution in [0.1, 0.15) is 227 Å². The molecule has 0 aromatic heterocycles. The van der Waals surface area contributed by atoms with Gasteiger partial charge in [0.1, 0.15) is 30.5 Å². The molecule has 2 amide bonds. The van der Waals surface area contributed by atoms with E-state index in [1.54, 1.807) is 0 Å². The summed E-state index contributed by atoms with van der Waals surface area (Å²) in [5.74, 6) is -0.629. The molecular formula is C49H96N2O9. The summed E-state index contributed by atoms with van der Waals surface area (Å²) in [4.78, 5) is 25.4. The van der Waals surface area contributed by atoms with Crippen LogP contribution in [0.2, 0.25) is 0 Å². The number of hydrogen-bond acceptors (Lipinski definition) is 9. The molecule has 4 unspecified atom stereocenters. The second kappa shape index (κ2) is 37.1. The summed E-state index contributed by atoms with van der Waals surface area (Å²) in [6.45, 7) is 9.06. The van der Waals surface area contributed by atoms with Crippen molar-refractivity contribution in [3.63, 3.8) is 0 Å². The van der Waals surface area contributed by atoms with Gasteiger partial charge in [0.25, 0.3) is 0 Å². The van der Waals surface area contributed by atoms with Gasteiger partial charge in [-0.2, -0.15) is 0 Å². The van der Waals surface area contributed by atoms with E-state index in [0.717, 1.165) is 44.9 Å². The fraction of sp³-hybridized carbons (Fsp3) is 0.959. The van der Waals surface area contributed by atoms with Gasteiger partial charge in [0.05, 0.1) is 25.4 Å². The van der Waals surface area contributed by atoms with Crippen LogP contribution in [0.3, 0.4) is 0 Å². The maximum Gasteiger partial charge on any atom is 0.220 e. The van der Waals surface area contributed by atoms with E-state index in [1.807, 2.05) is 0 Å². The van der Waals surface area contributed by atoms with Crippen LogP contribution in [-0.2, 0) is 19.1 Å². The van der Waals surface area contributed by atoms with Crippen molar-refractivity contribution in [2.45, 2.75) is 276 Å². The number of aliphatic hydroxyl groups is 5. The van der Waals surface area contributed by atoms with E-state index in [4.69, 9.17) is 9.47 Å². The minimum atomic E-state index is -1.50. The summed E-state index contributed by atoms with van der Waals surface area (Å²) in [5.41, 5.74) is 0. The third kappa shape index (κ3) is 27.0. The standard InChI is InChI=1S/C49H96N2O9/c1-6-8-10-12-14-16-17-18-19-20-21-22-23-24-25-26-28-30-32-34-43(54)51-41(37-59-49-44(50-39(5)53)48(58)47(57)42(36-52)60-49)46(56)45(55)40(35-38(3)4)33-31-29-27-15-13-11-9-7-2/h38,40-42,44-49,52,55-58H,6-37H2,1-5H3,(H,50,53)(H,51,54)/t40?,41-,42?,44?,45+,46-,47+,48?,49+/m0/s1. The predicted molar refractivity (Wildman–Crippen MR) is 243 cm³/mol. The van der Waals surface area contributed by atoms with Crippen molar-refractivity contribution < 1.29 is 44.6 Å². The average molecular weight is 857 g/mol. The Balaban J connectivity index is 2.67. The zero-order valence-corrected chi connectivity index (χ0v) is 39.3. The Labute approximate surface area is 367 Å². The number of rotatable bonds is 40. The maximum absolute atomic E-state index is 13.3. The lowest BCUT2D eigenvalue weighted by Crippen LogP contribution is -2.65. The van der Waals surface area contributed by atoms with Crippen LogP contribution in [-0.4, -0.2) is 99.5 Å². The zero-order valence-electron chi connectivity index (χ0n) is 39.3. The molecule has 1 aliphatic heterocycles. The molecule has 60 heavy (non-hydrogen) atoms. The van der Waals surface area contributed by atoms with Crippen molar-refractivity contribution >= 4 is 11.8 Å². The normalized spacial score (nSPS) is 21.5. The fourth-order valence-electron chi connectivity index (χ4n) is 8.77. The van der Waals surface area contributed by atoms with Gasteiger partial charge in [-0.05, 0) is 31.1 Å². The quantitative estimate of drug-likeness (QED) is 0.0296. The second-order valence-electron chi connectivity index (χ2n) is 18.7. The van der Waals surface area contributed by atoms with Crippen LogP contribution < -0.4 is 10.6 Å². The molecule has 1 saturated heterocycles. The van der Waals surface area contributed by atoms with Gasteiger partial charge in [-0.1, -0.05) is 195 Å². The van der Waals surface area contributed by atoms with Crippen LogP contribution in [0.15, 0.2) is 0 Å². The van der Waals surface area contributed by atoms with Gasteiger partial charge < -0.3 is 45.6 Å². The minimum Gasteiger partial charge on any atom is -0.394 e. The molecule has 11 heteroatoms. The fourth-order valence-corrected chi connectivity index (χ4v) is 8.77. The zero-order chi connectivity index (χ0) is 44.4. The Bertz CT molecular complexity index is 1020. The highest BCUT2D eigenvalue weighted by Crippen LogP contribution is 2.27. The Morgan fingerprint density at radius 3 is 1.48 bits per heavy atom. The van der Waals surface area contributed by atoms with E-state index in [-0.39, 0.29) is 24.9 Å². The SMILES string of the molecule is CCCCCCCCCCCCCCCCCCCCCC(=O)N[C@@H](CO[C@@H]1OC(CO)[C@@H](O)C(O)C1NC(C)=O)[C@H](O)[C@H](O)C(CCCCCCCCCC)CC(C)C. The van der Waals surface area contributed by atoms with E-state index < -0.39 is 61.4 Å². The van der Waals surface area contributed by atoms with E-state index in [2.05, 4.69) is 38.3 Å². The molecular weight excluding hydrogens is 761 g/mol. The number of hydrogen-bond donors (Lipinski definition) is 7. The second-order valence-corrected chi connectivity index (χ2v) is 18.7. The van der Waals surface area contributed by atoms with Crippen LogP contribution in [0.5, 0.6) is 0 Å². The van der Waals surface area contributed by atoms with Crippen molar-refractivity contribution in [3.8, 4) is 0 Å². The highest BCUT2D eigenvalue weighted by atomic mass is 16.7. The van der Waals surface area contributed by atoms with Crippen molar-refractivity contribution in [2.75, 3.05) is 13.2 Å². The Kier molecular flexibility index (Phi) is 35.0. The smallest absolute Gasteiger partial charge is 0.220 e. The third-order valence-electron chi connectivity index (χ3n) is 12.5. The molecule has 1 heterocycles. The molecule has 7 N–H and O–H groups in total. The highest BCUT2D eigenvalue weighted by Gasteiger charge is 2.46. The molecule has 1 aliphatic rings. The van der Waals surface area contributed by atoms with Crippen molar-refractivity contribution in [1.82, 2.24) is 10.6 Å². The van der Waals surface area contributed by atoms with Crippen LogP contribution in [0.25, 0.3) is 0 Å². The number of ether oxygens (including phenoxy) is 2.